The van der Waals surface area contributed by atoms with Gasteiger partial charge in [0.05, 0.1) is 8.07 Å². The molecule has 1 aliphatic rings. The molecular weight excluding hydrogens is 529 g/mol. The van der Waals surface area contributed by atoms with Gasteiger partial charge in [0.25, 0.3) is 0 Å². The summed E-state index contributed by atoms with van der Waals surface area (Å²) >= 11 is 0. The molecule has 0 saturated carbocycles. The van der Waals surface area contributed by atoms with Gasteiger partial charge in [0.1, 0.15) is 20.4 Å². The Morgan fingerprint density at radius 1 is 0.756 bits per heavy atom. The van der Waals surface area contributed by atoms with Gasteiger partial charge in [0.2, 0.25) is 0 Å². The van der Waals surface area contributed by atoms with Gasteiger partial charge in [0, 0.05) is 5.54 Å². The maximum Gasteiger partial charge on any atom is 0.118 e. The standard InChI is InChI=1S/C38H54OSi2/c1-14-21-39-35-33(40(11,12)13)22-26(4)23-34(35)41(15-2,16-3)36-31-24-27(37(5,6)7)17-19-29(31)30-20-18-28(25-32(30)36)38(8,9)10/h14,17-20,22-25,36H,1,15-16,21H2,2-13H3. The molecule has 4 rings (SSSR count). The second-order valence-corrected chi connectivity index (χ2v) is 25.3. The van der Waals surface area contributed by atoms with Crippen LogP contribution in [-0.2, 0) is 10.8 Å². The summed E-state index contributed by atoms with van der Waals surface area (Å²) in [5.74, 6) is 1.18. The van der Waals surface area contributed by atoms with Gasteiger partial charge in [-0.15, -0.1) is 0 Å². The average molecular weight is 583 g/mol. The molecule has 3 heteroatoms. The predicted molar refractivity (Wildman–Crippen MR) is 187 cm³/mol. The molecule has 0 heterocycles. The van der Waals surface area contributed by atoms with E-state index >= 15 is 0 Å². The van der Waals surface area contributed by atoms with Gasteiger partial charge in [-0.25, -0.2) is 0 Å². The molecule has 41 heavy (non-hydrogen) atoms. The van der Waals surface area contributed by atoms with E-state index in [2.05, 4.69) is 137 Å². The minimum Gasteiger partial charge on any atom is -0.490 e. The molecule has 3 aromatic carbocycles. The fraction of sp³-hybridized carbons (Fsp3) is 0.474. The molecule has 0 atom stereocenters. The van der Waals surface area contributed by atoms with Crippen LogP contribution in [0.4, 0.5) is 0 Å². The Balaban J connectivity index is 2.14. The van der Waals surface area contributed by atoms with Crippen LogP contribution >= 0.6 is 0 Å². The SMILES string of the molecule is C=CCOc1c([Si](C)(C)C)cc(C)cc1[Si](CC)(CC)C1c2cc(C(C)(C)C)ccc2-c2ccc(C(C)(C)C)cc21. The lowest BCUT2D eigenvalue weighted by molar-refractivity contribution is 0.368. The van der Waals surface area contributed by atoms with Crippen molar-refractivity contribution in [1.82, 2.24) is 0 Å². The molecule has 0 spiro atoms. The van der Waals surface area contributed by atoms with E-state index in [9.17, 15) is 0 Å². The Morgan fingerprint density at radius 2 is 1.22 bits per heavy atom. The van der Waals surface area contributed by atoms with Crippen molar-refractivity contribution in [3.63, 3.8) is 0 Å². The number of hydrogen-bond acceptors (Lipinski definition) is 1. The Hall–Kier alpha value is -2.37. The highest BCUT2D eigenvalue weighted by Crippen LogP contribution is 2.53. The third-order valence-electron chi connectivity index (χ3n) is 9.48. The second kappa shape index (κ2) is 11.0. The van der Waals surface area contributed by atoms with E-state index < -0.39 is 16.1 Å². The minimum atomic E-state index is -2.23. The van der Waals surface area contributed by atoms with Crippen molar-refractivity contribution in [2.24, 2.45) is 0 Å². The van der Waals surface area contributed by atoms with Crippen LogP contribution in [0.3, 0.4) is 0 Å². The molecule has 0 saturated heterocycles. The Morgan fingerprint density at radius 3 is 1.61 bits per heavy atom. The van der Waals surface area contributed by atoms with E-state index in [4.69, 9.17) is 4.74 Å². The van der Waals surface area contributed by atoms with Gasteiger partial charge < -0.3 is 4.74 Å². The lowest BCUT2D eigenvalue weighted by Gasteiger charge is -2.40. The molecule has 0 aromatic heterocycles. The topological polar surface area (TPSA) is 9.23 Å². The monoisotopic (exact) mass is 582 g/mol. The van der Waals surface area contributed by atoms with Crippen LogP contribution in [0.5, 0.6) is 5.75 Å². The summed E-state index contributed by atoms with van der Waals surface area (Å²) in [5.41, 5.74) is 10.7. The molecule has 0 aliphatic heterocycles. The first-order chi connectivity index (χ1) is 19.0. The molecule has 0 N–H and O–H groups in total. The van der Waals surface area contributed by atoms with Gasteiger partial charge in [-0.1, -0.05) is 154 Å². The molecule has 0 unspecified atom stereocenters. The molecule has 0 amide bonds. The third-order valence-corrected chi connectivity index (χ3v) is 17.2. The summed E-state index contributed by atoms with van der Waals surface area (Å²) in [7, 11) is -3.91. The number of aryl methyl sites for hydroxylation is 1. The largest absolute Gasteiger partial charge is 0.490 e. The molecule has 0 radical (unpaired) electrons. The zero-order valence-corrected chi connectivity index (χ0v) is 30.0. The zero-order valence-electron chi connectivity index (χ0n) is 28.0. The first-order valence-electron chi connectivity index (χ1n) is 15.7. The van der Waals surface area contributed by atoms with Crippen molar-refractivity contribution in [1.29, 1.82) is 0 Å². The summed E-state index contributed by atoms with van der Waals surface area (Å²) in [6.07, 6.45) is 1.91. The molecule has 3 aromatic rings. The van der Waals surface area contributed by atoms with E-state index in [0.29, 0.717) is 12.1 Å². The van der Waals surface area contributed by atoms with E-state index in [1.807, 2.05) is 6.08 Å². The van der Waals surface area contributed by atoms with Crippen LogP contribution < -0.4 is 15.1 Å². The van der Waals surface area contributed by atoms with E-state index in [1.54, 1.807) is 11.1 Å². The summed E-state index contributed by atoms with van der Waals surface area (Å²) < 4.78 is 6.75. The number of benzene rings is 3. The number of ether oxygens (including phenoxy) is 1. The zero-order chi connectivity index (χ0) is 30.5. The van der Waals surface area contributed by atoms with Crippen LogP contribution in [-0.4, -0.2) is 22.8 Å². The third kappa shape index (κ3) is 5.69. The van der Waals surface area contributed by atoms with Crippen LogP contribution in [0.25, 0.3) is 11.1 Å². The normalized spacial score (nSPS) is 14.1. The molecular formula is C38H54OSi2. The number of hydrogen-bond donors (Lipinski definition) is 0. The minimum absolute atomic E-state index is 0.0974. The summed E-state index contributed by atoms with van der Waals surface area (Å²) in [6, 6.07) is 22.0. The van der Waals surface area contributed by atoms with Crippen molar-refractivity contribution >= 4 is 26.5 Å². The quantitative estimate of drug-likeness (QED) is 0.190. The second-order valence-electron chi connectivity index (χ2n) is 15.4. The first-order valence-corrected chi connectivity index (χ1v) is 21.7. The lowest BCUT2D eigenvalue weighted by atomic mass is 9.85. The Labute approximate surface area is 253 Å². The van der Waals surface area contributed by atoms with Crippen molar-refractivity contribution in [3.05, 3.63) is 89.0 Å². The van der Waals surface area contributed by atoms with Crippen molar-refractivity contribution in [3.8, 4) is 16.9 Å². The maximum atomic E-state index is 6.75. The van der Waals surface area contributed by atoms with Gasteiger partial charge in [-0.3, -0.25) is 0 Å². The molecule has 1 nitrogen and oxygen atoms in total. The molecule has 1 aliphatic carbocycles. The van der Waals surface area contributed by atoms with E-state index in [0.717, 1.165) is 0 Å². The summed E-state index contributed by atoms with van der Waals surface area (Å²) in [4.78, 5) is 0. The van der Waals surface area contributed by atoms with Crippen molar-refractivity contribution < 1.29 is 4.74 Å². The first kappa shape index (κ1) is 31.6. The Kier molecular flexibility index (Phi) is 8.50. The number of fused-ring (bicyclic) bond motifs is 3. The van der Waals surface area contributed by atoms with Gasteiger partial charge in [0.15, 0.2) is 0 Å². The van der Waals surface area contributed by atoms with Crippen LogP contribution in [0, 0.1) is 6.92 Å². The fourth-order valence-electron chi connectivity index (χ4n) is 6.98. The van der Waals surface area contributed by atoms with Gasteiger partial charge in [-0.05, 0) is 61.5 Å². The highest BCUT2D eigenvalue weighted by atomic mass is 28.3. The maximum absolute atomic E-state index is 6.75. The van der Waals surface area contributed by atoms with Crippen molar-refractivity contribution in [2.75, 3.05) is 6.61 Å². The Bertz CT molecular complexity index is 1380. The van der Waals surface area contributed by atoms with Crippen LogP contribution in [0.2, 0.25) is 31.7 Å². The smallest absolute Gasteiger partial charge is 0.118 e. The highest BCUT2D eigenvalue weighted by molar-refractivity contribution is 6.96. The van der Waals surface area contributed by atoms with Crippen LogP contribution in [0.15, 0.2) is 61.2 Å². The lowest BCUT2D eigenvalue weighted by Crippen LogP contribution is -2.55. The van der Waals surface area contributed by atoms with Gasteiger partial charge in [-0.2, -0.15) is 0 Å². The summed E-state index contributed by atoms with van der Waals surface area (Å²) in [6.45, 7) is 33.2. The van der Waals surface area contributed by atoms with Crippen LogP contribution in [0.1, 0.15) is 88.7 Å². The molecule has 0 bridgehead atoms. The summed E-state index contributed by atoms with van der Waals surface area (Å²) in [5, 5.41) is 2.98. The average Bonchev–Trinajstić information content (AvgIpc) is 3.21. The molecule has 0 fully saturated rings. The predicted octanol–water partition coefficient (Wildman–Crippen LogP) is 9.75. The van der Waals surface area contributed by atoms with Gasteiger partial charge >= 0.3 is 0 Å². The molecule has 220 valence electrons. The highest BCUT2D eigenvalue weighted by Gasteiger charge is 2.49. The van der Waals surface area contributed by atoms with E-state index in [1.165, 1.54) is 56.0 Å². The fourth-order valence-corrected chi connectivity index (χ4v) is 13.9. The van der Waals surface area contributed by atoms with E-state index in [-0.39, 0.29) is 10.8 Å². The van der Waals surface area contributed by atoms with Crippen molar-refractivity contribution in [2.45, 2.75) is 110 Å². The number of rotatable bonds is 8.